The van der Waals surface area contributed by atoms with Crippen molar-refractivity contribution >= 4 is 57.5 Å². The van der Waals surface area contributed by atoms with Crippen molar-refractivity contribution in [2.75, 3.05) is 19.6 Å². The number of esters is 1. The maximum atomic E-state index is 13.7. The lowest BCUT2D eigenvalue weighted by Gasteiger charge is -2.41. The first-order valence-electron chi connectivity index (χ1n) is 13.2. The molecule has 0 radical (unpaired) electrons. The Labute approximate surface area is 263 Å². The van der Waals surface area contributed by atoms with Gasteiger partial charge in [0.05, 0.1) is 18.0 Å². The van der Waals surface area contributed by atoms with Crippen molar-refractivity contribution in [2.45, 2.75) is 28.8 Å². The van der Waals surface area contributed by atoms with Gasteiger partial charge in [0.15, 0.2) is 5.92 Å². The van der Waals surface area contributed by atoms with Crippen LogP contribution in [0.15, 0.2) is 48.5 Å². The molecule has 0 saturated carbocycles. The summed E-state index contributed by atoms with van der Waals surface area (Å²) in [7, 11) is -4.88. The number of nitro benzene ring substituents is 1. The van der Waals surface area contributed by atoms with Crippen molar-refractivity contribution in [2.24, 2.45) is 0 Å². The monoisotopic (exact) mass is 680 g/mol. The first-order valence-corrected chi connectivity index (χ1v) is 15.5. The van der Waals surface area contributed by atoms with Gasteiger partial charge in [-0.1, -0.05) is 28.7 Å². The van der Waals surface area contributed by atoms with Crippen LogP contribution in [-0.2, 0) is 40.8 Å². The van der Waals surface area contributed by atoms with Gasteiger partial charge in [0, 0.05) is 18.7 Å². The molecule has 3 fully saturated rings. The highest BCUT2D eigenvalue weighted by atomic mass is 32.2. The van der Waals surface area contributed by atoms with Crippen molar-refractivity contribution in [3.05, 3.63) is 69.8 Å². The van der Waals surface area contributed by atoms with Gasteiger partial charge < -0.3 is 25.2 Å². The number of hydrogen-bond donors (Lipinski definition) is 5. The average molecular weight is 681 g/mol. The summed E-state index contributed by atoms with van der Waals surface area (Å²) in [6.07, 6.45) is 0. The second-order valence-electron chi connectivity index (χ2n) is 10.3. The number of phenols is 1. The number of ether oxygens (including phenoxy) is 1. The van der Waals surface area contributed by atoms with Gasteiger partial charge in [-0.2, -0.15) is 8.42 Å². The van der Waals surface area contributed by atoms with Crippen LogP contribution >= 0.6 is 11.8 Å². The molecule has 3 aliphatic rings. The highest BCUT2D eigenvalue weighted by molar-refractivity contribution is 8.02. The molecule has 19 nitrogen and oxygen atoms in total. The van der Waals surface area contributed by atoms with Crippen molar-refractivity contribution < 1.29 is 56.8 Å². The number of nitrogens with one attached hydrogen (secondary N) is 2. The van der Waals surface area contributed by atoms with E-state index in [1.165, 1.54) is 48.5 Å². The van der Waals surface area contributed by atoms with Crippen molar-refractivity contribution in [1.82, 2.24) is 25.0 Å². The minimum absolute atomic E-state index is 0.0174. The van der Waals surface area contributed by atoms with Crippen molar-refractivity contribution in [1.29, 1.82) is 0 Å². The summed E-state index contributed by atoms with van der Waals surface area (Å²) in [6, 6.07) is 7.49. The number of non-ortho nitro benzene ring substituents is 1. The molecule has 2 aromatic rings. The Morgan fingerprint density at radius 1 is 1.11 bits per heavy atom. The zero-order valence-electron chi connectivity index (χ0n) is 23.2. The first-order chi connectivity index (χ1) is 21.6. The number of fused-ring (bicyclic) bond motifs is 1. The van der Waals surface area contributed by atoms with Crippen molar-refractivity contribution in [3.63, 3.8) is 0 Å². The van der Waals surface area contributed by atoms with E-state index in [-0.39, 0.29) is 30.1 Å². The van der Waals surface area contributed by atoms with Gasteiger partial charge in [-0.25, -0.2) is 14.6 Å². The standard InChI is InChI=1S/C25H24N6O13S2/c32-16-7-3-14(4-8-16)17(22(35)36)19(33)26-18-20(34)28-12-25(45-21(18)28,29-9-10-30(24(29)38)27-46(41,42)43)23(37)44-11-13-1-5-15(6-2-13)31(39)40/h1-8,17-18,21,27,32H,9-12H2,(H,26,33)(H,35,36)(H,41,42,43)/t17?,18-,21-,25-/m1/s1. The quantitative estimate of drug-likeness (QED) is 0.0493. The van der Waals surface area contributed by atoms with E-state index in [1.54, 1.807) is 4.83 Å². The molecular weight excluding hydrogens is 656 g/mol. The number of nitrogens with zero attached hydrogens (tertiary/aromatic N) is 4. The molecule has 0 spiro atoms. The number of hydrogen-bond acceptors (Lipinski definition) is 12. The van der Waals surface area contributed by atoms with Crippen LogP contribution in [0.4, 0.5) is 10.5 Å². The number of carbonyl (C=O) groups is 5. The third kappa shape index (κ3) is 6.11. The molecule has 3 aliphatic heterocycles. The summed E-state index contributed by atoms with van der Waals surface area (Å²) in [5.41, 5.74) is 0.153. The third-order valence-corrected chi connectivity index (χ3v) is 9.51. The Morgan fingerprint density at radius 3 is 2.35 bits per heavy atom. The molecule has 0 bridgehead atoms. The Balaban J connectivity index is 1.38. The predicted octanol–water partition coefficient (Wildman–Crippen LogP) is -0.647. The van der Waals surface area contributed by atoms with E-state index in [1.807, 2.05) is 0 Å². The number of aromatic hydroxyl groups is 1. The molecule has 5 N–H and O–H groups in total. The van der Waals surface area contributed by atoms with Crippen LogP contribution in [0.3, 0.4) is 0 Å². The minimum Gasteiger partial charge on any atom is -0.508 e. The molecule has 3 heterocycles. The number of thioether (sulfide) groups is 1. The van der Waals surface area contributed by atoms with Gasteiger partial charge >= 0.3 is 28.3 Å². The molecular formula is C25H24N6O13S2. The fourth-order valence-corrected chi connectivity index (χ4v) is 7.32. The van der Waals surface area contributed by atoms with Crippen LogP contribution in [0, 0.1) is 10.1 Å². The second-order valence-corrected chi connectivity index (χ2v) is 12.8. The normalized spacial score (nSPS) is 23.0. The molecule has 0 aromatic heterocycles. The lowest BCUT2D eigenvalue weighted by Crippen LogP contribution is -2.68. The lowest BCUT2D eigenvalue weighted by atomic mass is 9.96. The number of carboxylic acids is 1. The number of benzene rings is 2. The van der Waals surface area contributed by atoms with Crippen molar-refractivity contribution in [3.8, 4) is 5.75 Å². The minimum atomic E-state index is -4.88. The second kappa shape index (κ2) is 12.1. The first kappa shape index (κ1) is 32.4. The maximum Gasteiger partial charge on any atom is 0.350 e. The fraction of sp³-hybridized carbons (Fsp3) is 0.320. The molecule has 5 rings (SSSR count). The number of aliphatic carboxylic acids is 1. The highest BCUT2D eigenvalue weighted by Crippen LogP contribution is 2.50. The number of amides is 4. The van der Waals surface area contributed by atoms with Crippen LogP contribution in [0.25, 0.3) is 0 Å². The van der Waals surface area contributed by atoms with E-state index < -0.39 is 80.4 Å². The summed E-state index contributed by atoms with van der Waals surface area (Å²) in [6.45, 7) is -1.45. The van der Waals surface area contributed by atoms with Crippen LogP contribution in [0.5, 0.6) is 5.75 Å². The number of β-lactam (4-membered cyclic amide) rings is 1. The molecule has 4 atom stereocenters. The fourth-order valence-electron chi connectivity index (χ4n) is 5.18. The van der Waals surface area contributed by atoms with Gasteiger partial charge in [0.25, 0.3) is 5.69 Å². The Morgan fingerprint density at radius 2 is 1.76 bits per heavy atom. The Hall–Kier alpha value is -4.99. The van der Waals surface area contributed by atoms with Crippen LogP contribution in [0.1, 0.15) is 17.0 Å². The molecule has 4 amide bonds. The Bertz CT molecular complexity index is 1720. The van der Waals surface area contributed by atoms with Gasteiger partial charge in [-0.15, -0.1) is 0 Å². The lowest BCUT2D eigenvalue weighted by molar-refractivity contribution is -0.384. The Kier molecular flexibility index (Phi) is 8.51. The summed E-state index contributed by atoms with van der Waals surface area (Å²) in [5, 5.41) is 32.1. The predicted molar refractivity (Wildman–Crippen MR) is 153 cm³/mol. The molecule has 21 heteroatoms. The molecule has 3 saturated heterocycles. The van der Waals surface area contributed by atoms with Crippen LogP contribution in [0.2, 0.25) is 0 Å². The number of carboxylic acid groups (broad SMARTS) is 1. The number of hydrazine groups is 1. The molecule has 244 valence electrons. The number of rotatable bonds is 11. The van der Waals surface area contributed by atoms with Crippen LogP contribution in [-0.4, -0.2) is 109 Å². The summed E-state index contributed by atoms with van der Waals surface area (Å²) >= 11 is 0.735. The van der Waals surface area contributed by atoms with E-state index in [0.29, 0.717) is 10.6 Å². The number of carbonyl (C=O) groups excluding carboxylic acids is 4. The van der Waals surface area contributed by atoms with E-state index in [4.69, 9.17) is 4.74 Å². The maximum absolute atomic E-state index is 13.7. The topological polar surface area (TPSA) is 266 Å². The number of phenolic OH excluding ortho intramolecular Hbond substituents is 1. The zero-order valence-corrected chi connectivity index (χ0v) is 24.8. The van der Waals surface area contributed by atoms with Gasteiger partial charge in [0.2, 0.25) is 16.7 Å². The van der Waals surface area contributed by atoms with Gasteiger partial charge in [-0.05, 0) is 35.4 Å². The van der Waals surface area contributed by atoms with E-state index in [2.05, 4.69) is 5.32 Å². The zero-order chi connectivity index (χ0) is 33.6. The van der Waals surface area contributed by atoms with E-state index in [9.17, 15) is 57.3 Å². The average Bonchev–Trinajstić information content (AvgIpc) is 3.54. The number of nitro groups is 1. The molecule has 1 unspecified atom stereocenters. The smallest absolute Gasteiger partial charge is 0.350 e. The summed E-state index contributed by atoms with van der Waals surface area (Å²) < 4.78 is 37.4. The SMILES string of the molecule is O=C(O)C(C(=O)N[C@@H]1C(=O)N2C[C@@](C(=O)OCc3ccc([N+](=O)[O-])cc3)(N3CCN(NS(=O)(=O)O)C3=O)S[C@H]12)c1ccc(O)cc1. The largest absolute Gasteiger partial charge is 0.508 e. The van der Waals surface area contributed by atoms with Gasteiger partial charge in [0.1, 0.15) is 23.8 Å². The molecule has 46 heavy (non-hydrogen) atoms. The summed E-state index contributed by atoms with van der Waals surface area (Å²) in [5.74, 6) is -6.27. The highest BCUT2D eigenvalue weighted by Gasteiger charge is 2.67. The van der Waals surface area contributed by atoms with E-state index in [0.717, 1.165) is 21.6 Å². The third-order valence-electron chi connectivity index (χ3n) is 7.38. The van der Waals surface area contributed by atoms with E-state index >= 15 is 0 Å². The van der Waals surface area contributed by atoms with Crippen LogP contribution < -0.4 is 10.1 Å². The molecule has 0 aliphatic carbocycles. The molecule has 2 aromatic carbocycles. The summed E-state index contributed by atoms with van der Waals surface area (Å²) in [4.78, 5) is 77.2. The van der Waals surface area contributed by atoms with Gasteiger partial charge in [-0.3, -0.25) is 34.0 Å². The number of urea groups is 1.